The monoisotopic (exact) mass is 292 g/mol. The molecule has 6 heteroatoms. The van der Waals surface area contributed by atoms with Gasteiger partial charge in [-0.15, -0.1) is 0 Å². The van der Waals surface area contributed by atoms with E-state index in [4.69, 9.17) is 9.84 Å². The molecule has 1 saturated carbocycles. The van der Waals surface area contributed by atoms with E-state index < -0.39 is 5.97 Å². The molecule has 2 rings (SSSR count). The highest BCUT2D eigenvalue weighted by Gasteiger charge is 2.39. The smallest absolute Gasteiger partial charge is 0.319 e. The van der Waals surface area contributed by atoms with Crippen molar-refractivity contribution in [3.8, 4) is 5.75 Å². The molecule has 6 nitrogen and oxygen atoms in total. The van der Waals surface area contributed by atoms with Crippen LogP contribution in [0.5, 0.6) is 5.75 Å². The molecule has 1 aliphatic rings. The molecule has 2 amide bonds. The third-order valence-electron chi connectivity index (χ3n) is 3.92. The van der Waals surface area contributed by atoms with Crippen LogP contribution in [-0.2, 0) is 4.79 Å². The predicted molar refractivity (Wildman–Crippen MR) is 78.6 cm³/mol. The molecule has 0 heterocycles. The van der Waals surface area contributed by atoms with E-state index in [1.165, 1.54) is 7.11 Å². The van der Waals surface area contributed by atoms with Crippen molar-refractivity contribution in [1.82, 2.24) is 5.32 Å². The fourth-order valence-electron chi connectivity index (χ4n) is 2.60. The number of para-hydroxylation sites is 2. The molecule has 0 saturated heterocycles. The number of amides is 2. The number of carbonyl (C=O) groups is 2. The highest BCUT2D eigenvalue weighted by atomic mass is 16.5. The van der Waals surface area contributed by atoms with Crippen LogP contribution in [0.3, 0.4) is 0 Å². The van der Waals surface area contributed by atoms with E-state index in [0.717, 1.165) is 19.3 Å². The summed E-state index contributed by atoms with van der Waals surface area (Å²) in [7, 11) is 1.54. The summed E-state index contributed by atoms with van der Waals surface area (Å²) in [4.78, 5) is 22.8. The Morgan fingerprint density at radius 3 is 2.62 bits per heavy atom. The van der Waals surface area contributed by atoms with E-state index in [-0.39, 0.29) is 17.9 Å². The van der Waals surface area contributed by atoms with Gasteiger partial charge in [-0.05, 0) is 30.4 Å². The van der Waals surface area contributed by atoms with Crippen molar-refractivity contribution in [3.05, 3.63) is 24.3 Å². The Bertz CT molecular complexity index is 526. The van der Waals surface area contributed by atoms with Crippen LogP contribution in [0.2, 0.25) is 0 Å². The maximum atomic E-state index is 11.9. The van der Waals surface area contributed by atoms with Crippen molar-refractivity contribution >= 4 is 17.7 Å². The van der Waals surface area contributed by atoms with Crippen LogP contribution in [0, 0.1) is 5.41 Å². The van der Waals surface area contributed by atoms with Crippen molar-refractivity contribution < 1.29 is 19.4 Å². The molecule has 0 bridgehead atoms. The van der Waals surface area contributed by atoms with Crippen molar-refractivity contribution in [1.29, 1.82) is 0 Å². The largest absolute Gasteiger partial charge is 0.495 e. The lowest BCUT2D eigenvalue weighted by Crippen LogP contribution is -2.44. The first-order chi connectivity index (χ1) is 10.0. The van der Waals surface area contributed by atoms with Crippen molar-refractivity contribution in [2.45, 2.75) is 25.7 Å². The quantitative estimate of drug-likeness (QED) is 0.751. The van der Waals surface area contributed by atoms with Gasteiger partial charge in [-0.25, -0.2) is 4.79 Å². The topological polar surface area (TPSA) is 87.7 Å². The SMILES string of the molecule is COc1ccccc1NC(=O)NCC1(CC(=O)O)CCC1. The first-order valence-corrected chi connectivity index (χ1v) is 6.94. The Labute approximate surface area is 123 Å². The highest BCUT2D eigenvalue weighted by molar-refractivity contribution is 5.90. The number of anilines is 1. The normalized spacial score (nSPS) is 15.7. The van der Waals surface area contributed by atoms with Crippen LogP contribution in [0.25, 0.3) is 0 Å². The zero-order valence-corrected chi connectivity index (χ0v) is 12.0. The van der Waals surface area contributed by atoms with Crippen molar-refractivity contribution in [2.24, 2.45) is 5.41 Å². The zero-order valence-electron chi connectivity index (χ0n) is 12.0. The van der Waals surface area contributed by atoms with Gasteiger partial charge in [0.1, 0.15) is 5.75 Å². The number of ether oxygens (including phenoxy) is 1. The van der Waals surface area contributed by atoms with E-state index in [9.17, 15) is 9.59 Å². The molecule has 3 N–H and O–H groups in total. The molecule has 0 atom stereocenters. The number of nitrogens with one attached hydrogen (secondary N) is 2. The number of hydrogen-bond donors (Lipinski definition) is 3. The number of urea groups is 1. The van der Waals surface area contributed by atoms with Crippen LogP contribution in [0.15, 0.2) is 24.3 Å². The van der Waals surface area contributed by atoms with Gasteiger partial charge < -0.3 is 20.5 Å². The summed E-state index contributed by atoms with van der Waals surface area (Å²) in [5.41, 5.74) is 0.294. The third-order valence-corrected chi connectivity index (χ3v) is 3.92. The van der Waals surface area contributed by atoms with Crippen molar-refractivity contribution in [2.75, 3.05) is 19.0 Å². The maximum absolute atomic E-state index is 11.9. The summed E-state index contributed by atoms with van der Waals surface area (Å²) in [5, 5.41) is 14.4. The van der Waals surface area contributed by atoms with E-state index in [1.54, 1.807) is 18.2 Å². The average Bonchev–Trinajstić information content (AvgIpc) is 2.42. The van der Waals surface area contributed by atoms with Gasteiger partial charge >= 0.3 is 12.0 Å². The minimum absolute atomic E-state index is 0.0991. The molecular formula is C15H20N2O4. The molecule has 0 aliphatic heterocycles. The lowest BCUT2D eigenvalue weighted by Gasteiger charge is -2.40. The second-order valence-corrected chi connectivity index (χ2v) is 5.43. The van der Waals surface area contributed by atoms with Gasteiger partial charge in [-0.2, -0.15) is 0 Å². The number of benzene rings is 1. The zero-order chi connectivity index (χ0) is 15.3. The summed E-state index contributed by atoms with van der Waals surface area (Å²) < 4.78 is 5.16. The number of carbonyl (C=O) groups excluding carboxylic acids is 1. The van der Waals surface area contributed by atoms with Gasteiger partial charge in [0, 0.05) is 6.54 Å². The Balaban J connectivity index is 1.88. The van der Waals surface area contributed by atoms with Crippen molar-refractivity contribution in [3.63, 3.8) is 0 Å². The average molecular weight is 292 g/mol. The van der Waals surface area contributed by atoms with Gasteiger partial charge in [0.05, 0.1) is 19.2 Å². The van der Waals surface area contributed by atoms with Gasteiger partial charge in [0.15, 0.2) is 0 Å². The molecular weight excluding hydrogens is 272 g/mol. The number of carboxylic acid groups (broad SMARTS) is 1. The fourth-order valence-corrected chi connectivity index (χ4v) is 2.60. The van der Waals surface area contributed by atoms with E-state index in [0.29, 0.717) is 18.0 Å². The molecule has 1 aromatic carbocycles. The number of rotatable bonds is 6. The summed E-state index contributed by atoms with van der Waals surface area (Å²) in [6.07, 6.45) is 2.80. The highest BCUT2D eigenvalue weighted by Crippen LogP contribution is 2.43. The van der Waals surface area contributed by atoms with Gasteiger partial charge in [-0.1, -0.05) is 18.6 Å². The molecule has 0 aromatic heterocycles. The fraction of sp³-hybridized carbons (Fsp3) is 0.467. The predicted octanol–water partition coefficient (Wildman–Crippen LogP) is 2.46. The second-order valence-electron chi connectivity index (χ2n) is 5.43. The number of carboxylic acids is 1. The van der Waals surface area contributed by atoms with E-state index in [2.05, 4.69) is 10.6 Å². The summed E-state index contributed by atoms with van der Waals surface area (Å²) >= 11 is 0. The standard InChI is InChI=1S/C15H20N2O4/c1-21-12-6-3-2-5-11(12)17-14(20)16-10-15(7-4-8-15)9-13(18)19/h2-3,5-6H,4,7-10H2,1H3,(H,18,19)(H2,16,17,20). The molecule has 0 spiro atoms. The Hall–Kier alpha value is -2.24. The first-order valence-electron chi connectivity index (χ1n) is 6.94. The van der Waals surface area contributed by atoms with E-state index >= 15 is 0 Å². The number of hydrogen-bond acceptors (Lipinski definition) is 3. The summed E-state index contributed by atoms with van der Waals surface area (Å²) in [6.45, 7) is 0.375. The first kappa shape index (κ1) is 15.2. The maximum Gasteiger partial charge on any atom is 0.319 e. The summed E-state index contributed by atoms with van der Waals surface area (Å²) in [6, 6.07) is 6.77. The van der Waals surface area contributed by atoms with Crippen LogP contribution in [0.4, 0.5) is 10.5 Å². The van der Waals surface area contributed by atoms with Crippen LogP contribution in [0.1, 0.15) is 25.7 Å². The van der Waals surface area contributed by atoms with Crippen LogP contribution in [-0.4, -0.2) is 30.8 Å². The minimum Gasteiger partial charge on any atom is -0.495 e. The third kappa shape index (κ3) is 3.87. The van der Waals surface area contributed by atoms with Gasteiger partial charge in [-0.3, -0.25) is 4.79 Å². The molecule has 1 aliphatic carbocycles. The van der Waals surface area contributed by atoms with Gasteiger partial charge in [0.2, 0.25) is 0 Å². The number of methoxy groups -OCH3 is 1. The second kappa shape index (κ2) is 6.47. The Morgan fingerprint density at radius 1 is 1.33 bits per heavy atom. The van der Waals surface area contributed by atoms with Gasteiger partial charge in [0.25, 0.3) is 0 Å². The van der Waals surface area contributed by atoms with Crippen LogP contribution < -0.4 is 15.4 Å². The van der Waals surface area contributed by atoms with E-state index in [1.807, 2.05) is 6.07 Å². The molecule has 0 unspecified atom stereocenters. The number of aliphatic carboxylic acids is 1. The molecule has 0 radical (unpaired) electrons. The summed E-state index contributed by atoms with van der Waals surface area (Å²) in [5.74, 6) is -0.238. The lowest BCUT2D eigenvalue weighted by atomic mass is 9.66. The molecule has 1 fully saturated rings. The Morgan fingerprint density at radius 2 is 2.05 bits per heavy atom. The molecule has 1 aromatic rings. The van der Waals surface area contributed by atoms with Crippen LogP contribution >= 0.6 is 0 Å². The lowest BCUT2D eigenvalue weighted by molar-refractivity contribution is -0.141. The minimum atomic E-state index is -0.818. The Kier molecular flexibility index (Phi) is 4.67. The molecule has 114 valence electrons. The molecule has 21 heavy (non-hydrogen) atoms.